The third kappa shape index (κ3) is 3.95. The van der Waals surface area contributed by atoms with Crippen LogP contribution in [0.1, 0.15) is 33.8 Å². The molecule has 116 valence electrons. The van der Waals surface area contributed by atoms with Crippen LogP contribution < -0.4 is 4.74 Å². The van der Waals surface area contributed by atoms with E-state index in [1.54, 1.807) is 14.2 Å². The SMILES string of the molecule is COC[C@H](CC(=O)c1ccc(OC)c(C)c1)c1ccccc1. The molecule has 0 aliphatic carbocycles. The van der Waals surface area contributed by atoms with Gasteiger partial charge in [-0.05, 0) is 36.2 Å². The largest absolute Gasteiger partial charge is 0.496 e. The van der Waals surface area contributed by atoms with Crippen molar-refractivity contribution in [1.29, 1.82) is 0 Å². The summed E-state index contributed by atoms with van der Waals surface area (Å²) in [5.74, 6) is 0.991. The molecule has 2 rings (SSSR count). The van der Waals surface area contributed by atoms with Crippen molar-refractivity contribution in [2.45, 2.75) is 19.3 Å². The second-order valence-corrected chi connectivity index (χ2v) is 5.37. The van der Waals surface area contributed by atoms with Gasteiger partial charge in [-0.3, -0.25) is 4.79 Å². The van der Waals surface area contributed by atoms with Crippen LogP contribution in [0, 0.1) is 6.92 Å². The van der Waals surface area contributed by atoms with Crippen molar-refractivity contribution in [1.82, 2.24) is 0 Å². The molecule has 0 aliphatic heterocycles. The minimum absolute atomic E-state index is 0.0705. The van der Waals surface area contributed by atoms with E-state index in [-0.39, 0.29) is 11.7 Å². The lowest BCUT2D eigenvalue weighted by molar-refractivity contribution is 0.0946. The number of ketones is 1. The molecule has 0 bridgehead atoms. The van der Waals surface area contributed by atoms with E-state index < -0.39 is 0 Å². The highest BCUT2D eigenvalue weighted by atomic mass is 16.5. The third-order valence-electron chi connectivity index (χ3n) is 3.79. The first kappa shape index (κ1) is 16.2. The summed E-state index contributed by atoms with van der Waals surface area (Å²) in [6.07, 6.45) is 0.434. The molecule has 0 saturated heterocycles. The number of benzene rings is 2. The van der Waals surface area contributed by atoms with Crippen LogP contribution in [0.3, 0.4) is 0 Å². The Balaban J connectivity index is 2.16. The van der Waals surface area contributed by atoms with Crippen LogP contribution in [0.25, 0.3) is 0 Å². The molecular formula is C19H22O3. The van der Waals surface area contributed by atoms with Gasteiger partial charge in [0.05, 0.1) is 13.7 Å². The van der Waals surface area contributed by atoms with E-state index in [0.29, 0.717) is 13.0 Å². The summed E-state index contributed by atoms with van der Waals surface area (Å²) >= 11 is 0. The molecule has 3 heteroatoms. The molecule has 0 amide bonds. The summed E-state index contributed by atoms with van der Waals surface area (Å²) in [5.41, 5.74) is 2.81. The summed E-state index contributed by atoms with van der Waals surface area (Å²) in [5, 5.41) is 0. The molecule has 1 atom stereocenters. The topological polar surface area (TPSA) is 35.5 Å². The van der Waals surface area contributed by atoms with Crippen LogP contribution in [0.15, 0.2) is 48.5 Å². The van der Waals surface area contributed by atoms with Crippen molar-refractivity contribution in [2.24, 2.45) is 0 Å². The van der Waals surface area contributed by atoms with E-state index in [9.17, 15) is 4.79 Å². The van der Waals surface area contributed by atoms with Crippen molar-refractivity contribution in [3.8, 4) is 5.75 Å². The quantitative estimate of drug-likeness (QED) is 0.725. The summed E-state index contributed by atoms with van der Waals surface area (Å²) < 4.78 is 10.5. The third-order valence-corrected chi connectivity index (χ3v) is 3.79. The molecule has 0 spiro atoms. The second-order valence-electron chi connectivity index (χ2n) is 5.37. The Hall–Kier alpha value is -2.13. The van der Waals surface area contributed by atoms with Gasteiger partial charge < -0.3 is 9.47 Å². The van der Waals surface area contributed by atoms with Crippen LogP contribution in [-0.2, 0) is 4.74 Å². The molecule has 2 aromatic rings. The van der Waals surface area contributed by atoms with E-state index >= 15 is 0 Å². The fourth-order valence-electron chi connectivity index (χ4n) is 2.59. The van der Waals surface area contributed by atoms with Gasteiger partial charge >= 0.3 is 0 Å². The second kappa shape index (κ2) is 7.76. The number of aryl methyl sites for hydroxylation is 1. The van der Waals surface area contributed by atoms with Gasteiger partial charge in [0.25, 0.3) is 0 Å². The highest BCUT2D eigenvalue weighted by molar-refractivity contribution is 5.97. The first-order valence-electron chi connectivity index (χ1n) is 7.37. The van der Waals surface area contributed by atoms with Crippen molar-refractivity contribution in [3.05, 3.63) is 65.2 Å². The van der Waals surface area contributed by atoms with E-state index in [0.717, 1.165) is 22.4 Å². The van der Waals surface area contributed by atoms with Crippen molar-refractivity contribution in [3.63, 3.8) is 0 Å². The zero-order valence-corrected chi connectivity index (χ0v) is 13.3. The first-order valence-corrected chi connectivity index (χ1v) is 7.37. The summed E-state index contributed by atoms with van der Waals surface area (Å²) in [6.45, 7) is 2.48. The van der Waals surface area contributed by atoms with Crippen LogP contribution in [0.4, 0.5) is 0 Å². The van der Waals surface area contributed by atoms with Gasteiger partial charge in [0, 0.05) is 25.0 Å². The molecular weight excluding hydrogens is 276 g/mol. The zero-order valence-electron chi connectivity index (χ0n) is 13.3. The van der Waals surface area contributed by atoms with E-state index in [4.69, 9.17) is 9.47 Å². The lowest BCUT2D eigenvalue weighted by Gasteiger charge is -2.16. The van der Waals surface area contributed by atoms with Gasteiger partial charge in [-0.25, -0.2) is 0 Å². The molecule has 0 heterocycles. The van der Waals surface area contributed by atoms with Crippen LogP contribution >= 0.6 is 0 Å². The number of hydrogen-bond donors (Lipinski definition) is 0. The van der Waals surface area contributed by atoms with Crippen molar-refractivity contribution in [2.75, 3.05) is 20.8 Å². The predicted octanol–water partition coefficient (Wildman–Crippen LogP) is 4.01. The Morgan fingerprint density at radius 1 is 1.09 bits per heavy atom. The maximum atomic E-state index is 12.6. The van der Waals surface area contributed by atoms with Crippen LogP contribution in [0.5, 0.6) is 5.75 Å². The lowest BCUT2D eigenvalue weighted by Crippen LogP contribution is -2.12. The monoisotopic (exact) mass is 298 g/mol. The van der Waals surface area contributed by atoms with Gasteiger partial charge in [-0.2, -0.15) is 0 Å². The number of methoxy groups -OCH3 is 2. The Morgan fingerprint density at radius 3 is 2.41 bits per heavy atom. The van der Waals surface area contributed by atoms with Crippen LogP contribution in [-0.4, -0.2) is 26.6 Å². The molecule has 22 heavy (non-hydrogen) atoms. The molecule has 0 saturated carbocycles. The zero-order chi connectivity index (χ0) is 15.9. The van der Waals surface area contributed by atoms with Crippen molar-refractivity contribution >= 4 is 5.78 Å². The highest BCUT2D eigenvalue weighted by Gasteiger charge is 2.17. The standard InChI is InChI=1S/C19H22O3/c1-14-11-16(9-10-19(14)22-3)18(20)12-17(13-21-2)15-7-5-4-6-8-15/h4-11,17H,12-13H2,1-3H3/t17-/m0/s1. The van der Waals surface area contributed by atoms with Gasteiger partial charge in [-0.1, -0.05) is 30.3 Å². The molecule has 0 aromatic heterocycles. The smallest absolute Gasteiger partial charge is 0.163 e. The minimum Gasteiger partial charge on any atom is -0.496 e. The minimum atomic E-state index is 0.0705. The fraction of sp³-hybridized carbons (Fsp3) is 0.316. The highest BCUT2D eigenvalue weighted by Crippen LogP contribution is 2.24. The van der Waals surface area contributed by atoms with Gasteiger partial charge in [0.2, 0.25) is 0 Å². The lowest BCUT2D eigenvalue weighted by atomic mass is 9.92. The molecule has 0 radical (unpaired) electrons. The number of carbonyl (C=O) groups is 1. The van der Waals surface area contributed by atoms with Gasteiger partial charge in [0.1, 0.15) is 5.75 Å². The van der Waals surface area contributed by atoms with Crippen LogP contribution in [0.2, 0.25) is 0 Å². The summed E-state index contributed by atoms with van der Waals surface area (Å²) in [4.78, 5) is 12.6. The maximum absolute atomic E-state index is 12.6. The number of Topliss-reactive ketones (excluding diaryl/α,β-unsaturated/α-hetero) is 1. The first-order chi connectivity index (χ1) is 10.7. The number of carbonyl (C=O) groups excluding carboxylic acids is 1. The van der Waals surface area contributed by atoms with E-state index in [1.165, 1.54) is 0 Å². The molecule has 3 nitrogen and oxygen atoms in total. The molecule has 0 aliphatic rings. The Morgan fingerprint density at radius 2 is 1.82 bits per heavy atom. The molecule has 0 unspecified atom stereocenters. The molecule has 0 fully saturated rings. The molecule has 2 aromatic carbocycles. The average molecular weight is 298 g/mol. The predicted molar refractivity (Wildman–Crippen MR) is 87.7 cm³/mol. The van der Waals surface area contributed by atoms with E-state index in [2.05, 4.69) is 0 Å². The Bertz CT molecular complexity index is 620. The van der Waals surface area contributed by atoms with Gasteiger partial charge in [-0.15, -0.1) is 0 Å². The summed E-state index contributed by atoms with van der Waals surface area (Å²) in [6, 6.07) is 15.6. The normalized spacial score (nSPS) is 12.0. The Labute approximate surface area is 131 Å². The number of rotatable bonds is 7. The number of ether oxygens (including phenoxy) is 2. The summed E-state index contributed by atoms with van der Waals surface area (Å²) in [7, 11) is 3.30. The van der Waals surface area contributed by atoms with Crippen molar-refractivity contribution < 1.29 is 14.3 Å². The average Bonchev–Trinajstić information content (AvgIpc) is 2.55. The Kier molecular flexibility index (Phi) is 5.73. The van der Waals surface area contributed by atoms with Gasteiger partial charge in [0.15, 0.2) is 5.78 Å². The van der Waals surface area contributed by atoms with E-state index in [1.807, 2.05) is 55.5 Å². The fourth-order valence-corrected chi connectivity index (χ4v) is 2.59. The number of hydrogen-bond acceptors (Lipinski definition) is 3. The molecule has 0 N–H and O–H groups in total. The maximum Gasteiger partial charge on any atom is 0.163 e.